The number of amides is 1. The van der Waals surface area contributed by atoms with E-state index in [4.69, 9.17) is 14.2 Å². The van der Waals surface area contributed by atoms with E-state index in [1.165, 1.54) is 23.5 Å². The third kappa shape index (κ3) is 5.01. The highest BCUT2D eigenvalue weighted by atomic mass is 32.2. The van der Waals surface area contributed by atoms with Crippen molar-refractivity contribution >= 4 is 32.4 Å². The molecule has 0 aliphatic carbocycles. The van der Waals surface area contributed by atoms with Gasteiger partial charge in [-0.2, -0.15) is 4.31 Å². The molecule has 1 unspecified atom stereocenters. The Balaban J connectivity index is 1.56. The normalized spacial score (nSPS) is 15.6. The molecule has 0 spiro atoms. The van der Waals surface area contributed by atoms with Crippen LogP contribution in [0.25, 0.3) is 10.8 Å². The number of morpholine rings is 1. The predicted molar refractivity (Wildman–Crippen MR) is 130 cm³/mol. The highest BCUT2D eigenvalue weighted by Crippen LogP contribution is 2.31. The largest absolute Gasteiger partial charge is 0.495 e. The van der Waals surface area contributed by atoms with Crippen LogP contribution in [0.2, 0.25) is 0 Å². The third-order valence-electron chi connectivity index (χ3n) is 5.70. The molecular formula is C25H28N2O6S. The highest BCUT2D eigenvalue weighted by Gasteiger charge is 2.30. The monoisotopic (exact) mass is 484 g/mol. The van der Waals surface area contributed by atoms with Crippen LogP contribution in [-0.2, 0) is 19.6 Å². The molecule has 1 aliphatic rings. The number of nitrogens with zero attached hydrogens (tertiary/aromatic N) is 1. The standard InChI is InChI=1S/C25H28N2O6S/c1-3-21(33-22-10-6-8-18-7-4-5-9-20(18)22)25(28)26-19-11-12-23(31-2)24(17-19)34(29,30)27-13-15-32-16-14-27/h4-12,17,21H,3,13-16H2,1-2H3,(H,26,28). The molecular weight excluding hydrogens is 456 g/mol. The van der Waals surface area contributed by atoms with Crippen LogP contribution < -0.4 is 14.8 Å². The quantitative estimate of drug-likeness (QED) is 0.524. The molecule has 4 rings (SSSR count). The first-order valence-electron chi connectivity index (χ1n) is 11.1. The summed E-state index contributed by atoms with van der Waals surface area (Å²) in [5.74, 6) is 0.462. The van der Waals surface area contributed by atoms with Crippen molar-refractivity contribution in [2.45, 2.75) is 24.3 Å². The average molecular weight is 485 g/mol. The van der Waals surface area contributed by atoms with Crippen molar-refractivity contribution in [2.24, 2.45) is 0 Å². The maximum absolute atomic E-state index is 13.2. The molecule has 1 heterocycles. The first kappa shape index (κ1) is 24.0. The Labute approximate surface area is 199 Å². The molecule has 1 amide bonds. The van der Waals surface area contributed by atoms with Crippen molar-refractivity contribution in [3.63, 3.8) is 0 Å². The number of anilines is 1. The fraction of sp³-hybridized carbons (Fsp3) is 0.320. The van der Waals surface area contributed by atoms with E-state index >= 15 is 0 Å². The van der Waals surface area contributed by atoms with Crippen LogP contribution >= 0.6 is 0 Å². The van der Waals surface area contributed by atoms with E-state index < -0.39 is 16.1 Å². The minimum absolute atomic E-state index is 0.00211. The van der Waals surface area contributed by atoms with Crippen LogP contribution in [0, 0.1) is 0 Å². The van der Waals surface area contributed by atoms with E-state index in [9.17, 15) is 13.2 Å². The van der Waals surface area contributed by atoms with Crippen LogP contribution in [0.3, 0.4) is 0 Å². The van der Waals surface area contributed by atoms with Gasteiger partial charge in [0.25, 0.3) is 5.91 Å². The van der Waals surface area contributed by atoms with Crippen molar-refractivity contribution < 1.29 is 27.4 Å². The van der Waals surface area contributed by atoms with E-state index in [0.29, 0.717) is 31.1 Å². The van der Waals surface area contributed by atoms with Crippen LogP contribution in [0.1, 0.15) is 13.3 Å². The van der Waals surface area contributed by atoms with Gasteiger partial charge in [-0.05, 0) is 36.1 Å². The van der Waals surface area contributed by atoms with Crippen LogP contribution in [-0.4, -0.2) is 58.1 Å². The minimum Gasteiger partial charge on any atom is -0.495 e. The summed E-state index contributed by atoms with van der Waals surface area (Å²) in [7, 11) is -2.40. The molecule has 3 aromatic rings. The van der Waals surface area contributed by atoms with Gasteiger partial charge in [-0.15, -0.1) is 0 Å². The van der Waals surface area contributed by atoms with Gasteiger partial charge in [0.2, 0.25) is 10.0 Å². The number of methoxy groups -OCH3 is 1. The lowest BCUT2D eigenvalue weighted by Gasteiger charge is -2.27. The Kier molecular flexibility index (Phi) is 7.35. The van der Waals surface area contributed by atoms with Crippen molar-refractivity contribution in [1.29, 1.82) is 0 Å². The lowest BCUT2D eigenvalue weighted by atomic mass is 10.1. The number of hydrogen-bond donors (Lipinski definition) is 1. The maximum atomic E-state index is 13.2. The van der Waals surface area contributed by atoms with E-state index in [1.54, 1.807) is 6.07 Å². The third-order valence-corrected chi connectivity index (χ3v) is 7.62. The molecule has 0 radical (unpaired) electrons. The Hall–Kier alpha value is -3.14. The second-order valence-electron chi connectivity index (χ2n) is 7.86. The zero-order chi connectivity index (χ0) is 24.1. The van der Waals surface area contributed by atoms with E-state index in [1.807, 2.05) is 49.4 Å². The summed E-state index contributed by atoms with van der Waals surface area (Å²) in [5.41, 5.74) is 0.345. The number of hydrogen-bond acceptors (Lipinski definition) is 6. The lowest BCUT2D eigenvalue weighted by Crippen LogP contribution is -2.40. The number of carbonyl (C=O) groups is 1. The molecule has 8 nitrogen and oxygen atoms in total. The summed E-state index contributed by atoms with van der Waals surface area (Å²) in [4.78, 5) is 13.1. The molecule has 180 valence electrons. The Bertz CT molecular complexity index is 1270. The van der Waals surface area contributed by atoms with Crippen LogP contribution in [0.4, 0.5) is 5.69 Å². The van der Waals surface area contributed by atoms with Crippen molar-refractivity contribution in [1.82, 2.24) is 4.31 Å². The number of rotatable bonds is 8. The summed E-state index contributed by atoms with van der Waals surface area (Å²) >= 11 is 0. The smallest absolute Gasteiger partial charge is 0.265 e. The van der Waals surface area contributed by atoms with Gasteiger partial charge in [0.15, 0.2) is 6.10 Å². The molecule has 1 aliphatic heterocycles. The van der Waals surface area contributed by atoms with E-state index in [2.05, 4.69) is 5.32 Å². The summed E-state index contributed by atoms with van der Waals surface area (Å²) in [5, 5.41) is 4.73. The van der Waals surface area contributed by atoms with Crippen molar-refractivity contribution in [3.8, 4) is 11.5 Å². The van der Waals surface area contributed by atoms with Crippen LogP contribution in [0.5, 0.6) is 11.5 Å². The molecule has 0 bridgehead atoms. The molecule has 9 heteroatoms. The zero-order valence-electron chi connectivity index (χ0n) is 19.2. The molecule has 0 aromatic heterocycles. The second kappa shape index (κ2) is 10.4. The SMILES string of the molecule is CCC(Oc1cccc2ccccc12)C(=O)Nc1ccc(OC)c(S(=O)(=O)N2CCOCC2)c1. The second-order valence-corrected chi connectivity index (χ2v) is 9.77. The van der Waals surface area contributed by atoms with Gasteiger partial charge in [0.05, 0.1) is 20.3 Å². The fourth-order valence-electron chi connectivity index (χ4n) is 3.88. The van der Waals surface area contributed by atoms with E-state index in [-0.39, 0.29) is 29.6 Å². The van der Waals surface area contributed by atoms with Gasteiger partial charge >= 0.3 is 0 Å². The fourth-order valence-corrected chi connectivity index (χ4v) is 5.47. The maximum Gasteiger partial charge on any atom is 0.265 e. The Morgan fingerprint density at radius 1 is 1.06 bits per heavy atom. The first-order valence-corrected chi connectivity index (χ1v) is 12.6. The van der Waals surface area contributed by atoms with Gasteiger partial charge in [-0.25, -0.2) is 8.42 Å². The topological polar surface area (TPSA) is 94.2 Å². The van der Waals surface area contributed by atoms with Gasteiger partial charge in [-0.1, -0.05) is 43.3 Å². The summed E-state index contributed by atoms with van der Waals surface area (Å²) in [6, 6.07) is 18.1. The molecule has 1 saturated heterocycles. The average Bonchev–Trinajstić information content (AvgIpc) is 2.87. The van der Waals surface area contributed by atoms with Crippen molar-refractivity contribution in [3.05, 3.63) is 60.7 Å². The number of benzene rings is 3. The lowest BCUT2D eigenvalue weighted by molar-refractivity contribution is -0.122. The molecule has 1 atom stereocenters. The molecule has 3 aromatic carbocycles. The molecule has 34 heavy (non-hydrogen) atoms. The molecule has 0 saturated carbocycles. The van der Waals surface area contributed by atoms with Crippen molar-refractivity contribution in [2.75, 3.05) is 38.7 Å². The number of carbonyl (C=O) groups excluding carboxylic acids is 1. The molecule has 1 N–H and O–H groups in total. The summed E-state index contributed by atoms with van der Waals surface area (Å²) in [6.45, 7) is 3.05. The highest BCUT2D eigenvalue weighted by molar-refractivity contribution is 7.89. The van der Waals surface area contributed by atoms with Crippen LogP contribution in [0.15, 0.2) is 65.6 Å². The number of sulfonamides is 1. The first-order chi connectivity index (χ1) is 16.4. The number of nitrogens with one attached hydrogen (secondary N) is 1. The predicted octanol–water partition coefficient (Wildman–Crippen LogP) is 3.67. The molecule has 1 fully saturated rings. The minimum atomic E-state index is -3.82. The van der Waals surface area contributed by atoms with E-state index in [0.717, 1.165) is 10.8 Å². The number of fused-ring (bicyclic) bond motifs is 1. The Morgan fingerprint density at radius 3 is 2.53 bits per heavy atom. The van der Waals surface area contributed by atoms with Gasteiger partial charge in [0, 0.05) is 24.2 Å². The summed E-state index contributed by atoms with van der Waals surface area (Å²) in [6.07, 6.45) is -0.323. The van der Waals surface area contributed by atoms with Gasteiger partial charge in [0.1, 0.15) is 16.4 Å². The zero-order valence-corrected chi connectivity index (χ0v) is 20.0. The Morgan fingerprint density at radius 2 is 1.79 bits per heavy atom. The summed E-state index contributed by atoms with van der Waals surface area (Å²) < 4.78 is 44.4. The van der Waals surface area contributed by atoms with Gasteiger partial charge in [-0.3, -0.25) is 4.79 Å². The number of ether oxygens (including phenoxy) is 3. The van der Waals surface area contributed by atoms with Gasteiger partial charge < -0.3 is 19.5 Å².